The minimum Gasteiger partial charge on any atom is -0.496 e. The predicted molar refractivity (Wildman–Crippen MR) is 67.8 cm³/mol. The van der Waals surface area contributed by atoms with Gasteiger partial charge in [-0.2, -0.15) is 0 Å². The summed E-state index contributed by atoms with van der Waals surface area (Å²) in [7, 11) is 3.03. The van der Waals surface area contributed by atoms with E-state index in [0.29, 0.717) is 33.4 Å². The third-order valence-electron chi connectivity index (χ3n) is 2.84. The van der Waals surface area contributed by atoms with Crippen LogP contribution in [0.1, 0.15) is 20.7 Å². The monoisotopic (exact) mass is 244 g/mol. The molecule has 0 aliphatic heterocycles. The minimum atomic E-state index is 0.464. The number of carbonyl (C=O) groups is 2. The molecule has 0 unspecified atom stereocenters. The third-order valence-corrected chi connectivity index (χ3v) is 2.84. The number of hydrogen-bond acceptors (Lipinski definition) is 4. The topological polar surface area (TPSA) is 52.6 Å². The maximum absolute atomic E-state index is 11.1. The lowest BCUT2D eigenvalue weighted by Crippen LogP contribution is -1.96. The summed E-state index contributed by atoms with van der Waals surface area (Å²) in [5.74, 6) is 1.08. The maximum atomic E-state index is 11.1. The lowest BCUT2D eigenvalue weighted by molar-refractivity contribution is 0.111. The first kappa shape index (κ1) is 12.1. The number of rotatable bonds is 4. The fourth-order valence-corrected chi connectivity index (χ4v) is 2.02. The first-order valence-corrected chi connectivity index (χ1v) is 5.34. The van der Waals surface area contributed by atoms with Crippen LogP contribution in [-0.2, 0) is 0 Å². The maximum Gasteiger partial charge on any atom is 0.150 e. The fraction of sp³-hybridized carbons (Fsp3) is 0.143. The lowest BCUT2D eigenvalue weighted by Gasteiger charge is -2.12. The first-order chi connectivity index (χ1) is 8.76. The van der Waals surface area contributed by atoms with E-state index in [1.165, 1.54) is 14.2 Å². The molecule has 4 heteroatoms. The van der Waals surface area contributed by atoms with Crippen LogP contribution in [0.3, 0.4) is 0 Å². The van der Waals surface area contributed by atoms with Gasteiger partial charge in [-0.15, -0.1) is 0 Å². The highest BCUT2D eigenvalue weighted by atomic mass is 16.5. The Hall–Kier alpha value is -2.36. The number of benzene rings is 2. The zero-order valence-electron chi connectivity index (χ0n) is 10.1. The van der Waals surface area contributed by atoms with Crippen LogP contribution in [0.2, 0.25) is 0 Å². The van der Waals surface area contributed by atoms with Gasteiger partial charge >= 0.3 is 0 Å². The summed E-state index contributed by atoms with van der Waals surface area (Å²) in [5.41, 5.74) is 0.928. The quantitative estimate of drug-likeness (QED) is 0.775. The molecule has 2 aromatic rings. The second kappa shape index (κ2) is 4.87. The molecule has 0 saturated carbocycles. The molecule has 18 heavy (non-hydrogen) atoms. The molecule has 0 fully saturated rings. The van der Waals surface area contributed by atoms with Gasteiger partial charge in [-0.3, -0.25) is 9.59 Å². The van der Waals surface area contributed by atoms with Crippen LogP contribution < -0.4 is 9.47 Å². The van der Waals surface area contributed by atoms with Crippen molar-refractivity contribution >= 4 is 23.3 Å². The molecule has 2 aromatic carbocycles. The van der Waals surface area contributed by atoms with Crippen molar-refractivity contribution in [2.24, 2.45) is 0 Å². The number of hydrogen-bond donors (Lipinski definition) is 0. The van der Waals surface area contributed by atoms with Gasteiger partial charge in [-0.25, -0.2) is 0 Å². The Morgan fingerprint density at radius 2 is 1.17 bits per heavy atom. The van der Waals surface area contributed by atoms with Crippen LogP contribution in [-0.4, -0.2) is 26.8 Å². The Morgan fingerprint density at radius 3 is 1.44 bits per heavy atom. The molecular weight excluding hydrogens is 232 g/mol. The van der Waals surface area contributed by atoms with Crippen molar-refractivity contribution in [1.29, 1.82) is 0 Å². The molecule has 0 aliphatic rings. The summed E-state index contributed by atoms with van der Waals surface area (Å²) >= 11 is 0. The van der Waals surface area contributed by atoms with Gasteiger partial charge in [0.15, 0.2) is 12.6 Å². The zero-order valence-corrected chi connectivity index (χ0v) is 10.1. The molecule has 0 bridgehead atoms. The van der Waals surface area contributed by atoms with Crippen molar-refractivity contribution < 1.29 is 19.1 Å². The van der Waals surface area contributed by atoms with E-state index in [1.807, 2.05) is 0 Å². The number of fused-ring (bicyclic) bond motifs is 1. The lowest BCUT2D eigenvalue weighted by atomic mass is 9.99. The van der Waals surface area contributed by atoms with E-state index < -0.39 is 0 Å². The number of carbonyl (C=O) groups excluding carboxylic acids is 2. The van der Waals surface area contributed by atoms with Crippen LogP contribution in [0, 0.1) is 0 Å². The van der Waals surface area contributed by atoms with E-state index in [9.17, 15) is 9.59 Å². The van der Waals surface area contributed by atoms with Crippen LogP contribution in [0.15, 0.2) is 24.3 Å². The van der Waals surface area contributed by atoms with Crippen molar-refractivity contribution in [3.05, 3.63) is 35.4 Å². The van der Waals surface area contributed by atoms with Crippen molar-refractivity contribution in [2.75, 3.05) is 14.2 Å². The van der Waals surface area contributed by atoms with E-state index in [0.717, 1.165) is 12.6 Å². The van der Waals surface area contributed by atoms with Gasteiger partial charge < -0.3 is 9.47 Å². The van der Waals surface area contributed by atoms with Crippen LogP contribution in [0.25, 0.3) is 10.8 Å². The van der Waals surface area contributed by atoms with E-state index in [4.69, 9.17) is 9.47 Å². The summed E-state index contributed by atoms with van der Waals surface area (Å²) in [6.45, 7) is 0. The normalized spacial score (nSPS) is 10.1. The third kappa shape index (κ3) is 1.72. The summed E-state index contributed by atoms with van der Waals surface area (Å²) in [5, 5.41) is 1.19. The van der Waals surface area contributed by atoms with Crippen molar-refractivity contribution in [3.63, 3.8) is 0 Å². The Kier molecular flexibility index (Phi) is 3.28. The van der Waals surface area contributed by atoms with Gasteiger partial charge in [-0.05, 0) is 24.3 Å². The number of methoxy groups -OCH3 is 2. The second-order valence-corrected chi connectivity index (χ2v) is 3.70. The second-order valence-electron chi connectivity index (χ2n) is 3.70. The molecule has 0 aromatic heterocycles. The Balaban J connectivity index is 3.01. The highest BCUT2D eigenvalue weighted by Crippen LogP contribution is 2.36. The largest absolute Gasteiger partial charge is 0.496 e. The van der Waals surface area contributed by atoms with Gasteiger partial charge in [0, 0.05) is 21.9 Å². The number of aldehydes is 2. The Morgan fingerprint density at radius 1 is 0.778 bits per heavy atom. The zero-order chi connectivity index (χ0) is 13.1. The Labute approximate surface area is 104 Å². The SMILES string of the molecule is COc1ccc(C=O)c2c(OC)ccc(C=O)c12. The molecule has 0 N–H and O–H groups in total. The van der Waals surface area contributed by atoms with Crippen molar-refractivity contribution in [3.8, 4) is 11.5 Å². The molecule has 92 valence electrons. The van der Waals surface area contributed by atoms with Crippen LogP contribution in [0.4, 0.5) is 0 Å². The standard InChI is InChI=1S/C14H12O4/c1-17-11-5-3-10(8-16)14-12(18-2)6-4-9(7-15)13(11)14/h3-8H,1-2H3. The van der Waals surface area contributed by atoms with Gasteiger partial charge in [-0.1, -0.05) is 0 Å². The Bertz CT molecular complexity index is 561. The molecule has 0 spiro atoms. The minimum absolute atomic E-state index is 0.464. The molecule has 0 saturated heterocycles. The highest BCUT2D eigenvalue weighted by Gasteiger charge is 2.14. The van der Waals surface area contributed by atoms with E-state index in [-0.39, 0.29) is 0 Å². The average Bonchev–Trinajstić information content (AvgIpc) is 2.44. The fourth-order valence-electron chi connectivity index (χ4n) is 2.02. The van der Waals surface area contributed by atoms with Gasteiger partial charge in [0.05, 0.1) is 14.2 Å². The molecule has 0 radical (unpaired) electrons. The number of ether oxygens (including phenoxy) is 2. The van der Waals surface area contributed by atoms with E-state index in [1.54, 1.807) is 24.3 Å². The molecule has 0 aliphatic carbocycles. The van der Waals surface area contributed by atoms with Gasteiger partial charge in [0.25, 0.3) is 0 Å². The van der Waals surface area contributed by atoms with Crippen LogP contribution in [0.5, 0.6) is 11.5 Å². The molecular formula is C14H12O4. The molecule has 0 atom stereocenters. The average molecular weight is 244 g/mol. The van der Waals surface area contributed by atoms with Crippen LogP contribution >= 0.6 is 0 Å². The summed E-state index contributed by atoms with van der Waals surface area (Å²) in [6.07, 6.45) is 1.47. The smallest absolute Gasteiger partial charge is 0.150 e. The first-order valence-electron chi connectivity index (χ1n) is 5.34. The van der Waals surface area contributed by atoms with Crippen molar-refractivity contribution in [2.45, 2.75) is 0 Å². The summed E-state index contributed by atoms with van der Waals surface area (Å²) < 4.78 is 10.5. The molecule has 0 heterocycles. The van der Waals surface area contributed by atoms with Gasteiger partial charge in [0.2, 0.25) is 0 Å². The predicted octanol–water partition coefficient (Wildman–Crippen LogP) is 2.48. The van der Waals surface area contributed by atoms with Crippen molar-refractivity contribution in [1.82, 2.24) is 0 Å². The summed E-state index contributed by atoms with van der Waals surface area (Å²) in [4.78, 5) is 22.2. The van der Waals surface area contributed by atoms with E-state index in [2.05, 4.69) is 0 Å². The van der Waals surface area contributed by atoms with E-state index >= 15 is 0 Å². The highest BCUT2D eigenvalue weighted by molar-refractivity contribution is 6.10. The van der Waals surface area contributed by atoms with Gasteiger partial charge in [0.1, 0.15) is 11.5 Å². The summed E-state index contributed by atoms with van der Waals surface area (Å²) in [6, 6.07) is 6.62. The molecule has 2 rings (SSSR count). The molecule has 4 nitrogen and oxygen atoms in total. The molecule has 0 amide bonds.